The third kappa shape index (κ3) is 10.9. The molecule has 0 unspecified atom stereocenters. The molecule has 5 atom stereocenters. The molecule has 1 rings (SSSR count). The SMILES string of the molecule is CCCCC[C@H](O)/C=C/[C@@H]1[C@@H](C/C=C/CCCC(=O)NS(C)(=O)=O)[C@@H](O)C[C@H]1O. The molecule has 0 aliphatic heterocycles. The zero-order valence-corrected chi connectivity index (χ0v) is 18.4. The van der Waals surface area contributed by atoms with Crippen molar-refractivity contribution < 1.29 is 28.5 Å². The van der Waals surface area contributed by atoms with Gasteiger partial charge in [0.2, 0.25) is 15.9 Å². The van der Waals surface area contributed by atoms with Crippen LogP contribution in [0.15, 0.2) is 24.3 Å². The van der Waals surface area contributed by atoms with Crippen molar-refractivity contribution >= 4 is 15.9 Å². The Kier molecular flexibility index (Phi) is 11.7. The lowest BCUT2D eigenvalue weighted by Gasteiger charge is -2.19. The monoisotopic (exact) mass is 431 g/mol. The van der Waals surface area contributed by atoms with E-state index in [4.69, 9.17) is 0 Å². The number of hydrogen-bond donors (Lipinski definition) is 4. The van der Waals surface area contributed by atoms with Gasteiger partial charge in [-0.3, -0.25) is 9.52 Å². The van der Waals surface area contributed by atoms with Crippen molar-refractivity contribution in [2.45, 2.75) is 83.0 Å². The van der Waals surface area contributed by atoms with Gasteiger partial charge in [-0.2, -0.15) is 0 Å². The summed E-state index contributed by atoms with van der Waals surface area (Å²) in [6.07, 6.45) is 12.7. The van der Waals surface area contributed by atoms with Gasteiger partial charge in [-0.05, 0) is 31.6 Å². The molecule has 1 amide bonds. The highest BCUT2D eigenvalue weighted by Crippen LogP contribution is 2.36. The van der Waals surface area contributed by atoms with Gasteiger partial charge in [-0.1, -0.05) is 50.5 Å². The second-order valence-electron chi connectivity index (χ2n) is 7.96. The summed E-state index contributed by atoms with van der Waals surface area (Å²) >= 11 is 0. The standard InChI is InChI=1S/C21H37NO6S/c1-3-4-7-10-16(23)13-14-18-17(19(24)15-20(18)25)11-8-5-6-9-12-21(26)22-29(2,27)28/h5,8,13-14,16-20,23-25H,3-4,6-7,9-12,15H2,1-2H3,(H,22,26)/b8-5+,14-13+/t16-,17+,18+,19-,20+/m0/s1. The minimum Gasteiger partial charge on any atom is -0.393 e. The number of rotatable bonds is 13. The average Bonchev–Trinajstić information content (AvgIpc) is 2.87. The number of allylic oxidation sites excluding steroid dienone is 2. The van der Waals surface area contributed by atoms with Crippen LogP contribution in [0.25, 0.3) is 0 Å². The number of hydrogen-bond acceptors (Lipinski definition) is 6. The van der Waals surface area contributed by atoms with Crippen LogP contribution >= 0.6 is 0 Å². The molecule has 1 aliphatic rings. The van der Waals surface area contributed by atoms with E-state index in [1.165, 1.54) is 0 Å². The molecule has 0 heterocycles. The van der Waals surface area contributed by atoms with Gasteiger partial charge in [0.05, 0.1) is 24.6 Å². The van der Waals surface area contributed by atoms with Gasteiger partial charge < -0.3 is 15.3 Å². The molecule has 0 aromatic carbocycles. The number of nitrogens with one attached hydrogen (secondary N) is 1. The summed E-state index contributed by atoms with van der Waals surface area (Å²) in [6, 6.07) is 0. The molecule has 1 saturated carbocycles. The van der Waals surface area contributed by atoms with Crippen molar-refractivity contribution in [3.8, 4) is 0 Å². The summed E-state index contributed by atoms with van der Waals surface area (Å²) in [5.74, 6) is -0.831. The highest BCUT2D eigenvalue weighted by molar-refractivity contribution is 7.89. The summed E-state index contributed by atoms with van der Waals surface area (Å²) in [6.45, 7) is 2.11. The average molecular weight is 432 g/mol. The smallest absolute Gasteiger partial charge is 0.233 e. The molecule has 29 heavy (non-hydrogen) atoms. The van der Waals surface area contributed by atoms with Crippen molar-refractivity contribution in [1.29, 1.82) is 0 Å². The third-order valence-corrected chi connectivity index (χ3v) is 5.82. The van der Waals surface area contributed by atoms with E-state index in [0.29, 0.717) is 32.1 Å². The van der Waals surface area contributed by atoms with Crippen LogP contribution in [0.2, 0.25) is 0 Å². The maximum Gasteiger partial charge on any atom is 0.233 e. The van der Waals surface area contributed by atoms with Crippen molar-refractivity contribution in [2.75, 3.05) is 6.26 Å². The molecule has 0 bridgehead atoms. The lowest BCUT2D eigenvalue weighted by Crippen LogP contribution is -2.28. The largest absolute Gasteiger partial charge is 0.393 e. The van der Waals surface area contributed by atoms with E-state index in [9.17, 15) is 28.5 Å². The van der Waals surface area contributed by atoms with E-state index < -0.39 is 34.2 Å². The quantitative estimate of drug-likeness (QED) is 0.261. The van der Waals surface area contributed by atoms with Crippen LogP contribution in [-0.4, -0.2) is 54.2 Å². The van der Waals surface area contributed by atoms with Crippen LogP contribution in [0.5, 0.6) is 0 Å². The molecule has 0 saturated heterocycles. The van der Waals surface area contributed by atoms with Crippen LogP contribution in [-0.2, 0) is 14.8 Å². The normalized spacial score (nSPS) is 26.4. The van der Waals surface area contributed by atoms with E-state index in [1.54, 1.807) is 6.08 Å². The number of carbonyl (C=O) groups is 1. The Bertz CT molecular complexity index is 646. The van der Waals surface area contributed by atoms with Crippen LogP contribution in [0.3, 0.4) is 0 Å². The van der Waals surface area contributed by atoms with Gasteiger partial charge in [0.1, 0.15) is 0 Å². The van der Waals surface area contributed by atoms with Gasteiger partial charge in [-0.15, -0.1) is 0 Å². The van der Waals surface area contributed by atoms with E-state index in [-0.39, 0.29) is 18.3 Å². The van der Waals surface area contributed by atoms with E-state index >= 15 is 0 Å². The Hall–Kier alpha value is -1.22. The number of carbonyl (C=O) groups excluding carboxylic acids is 1. The van der Waals surface area contributed by atoms with Gasteiger partial charge in [0.25, 0.3) is 0 Å². The third-order valence-electron chi connectivity index (χ3n) is 5.22. The molecule has 0 aromatic rings. The molecule has 168 valence electrons. The molecule has 4 N–H and O–H groups in total. The Balaban J connectivity index is 2.43. The fraction of sp³-hybridized carbons (Fsp3) is 0.762. The van der Waals surface area contributed by atoms with Crippen molar-refractivity contribution in [3.63, 3.8) is 0 Å². The van der Waals surface area contributed by atoms with Crippen molar-refractivity contribution in [2.24, 2.45) is 11.8 Å². The van der Waals surface area contributed by atoms with Crippen molar-refractivity contribution in [1.82, 2.24) is 4.72 Å². The summed E-state index contributed by atoms with van der Waals surface area (Å²) < 4.78 is 23.9. The summed E-state index contributed by atoms with van der Waals surface area (Å²) in [7, 11) is -3.51. The van der Waals surface area contributed by atoms with Gasteiger partial charge in [-0.25, -0.2) is 8.42 Å². The first-order chi connectivity index (χ1) is 13.6. The highest BCUT2D eigenvalue weighted by atomic mass is 32.2. The van der Waals surface area contributed by atoms with Crippen LogP contribution < -0.4 is 4.72 Å². The number of sulfonamides is 1. The summed E-state index contributed by atoms with van der Waals surface area (Å²) in [4.78, 5) is 11.4. The number of aliphatic hydroxyl groups is 3. The van der Waals surface area contributed by atoms with E-state index in [0.717, 1.165) is 25.5 Å². The molecule has 1 fully saturated rings. The maximum atomic E-state index is 11.4. The molecule has 8 heteroatoms. The highest BCUT2D eigenvalue weighted by Gasteiger charge is 2.39. The van der Waals surface area contributed by atoms with Gasteiger partial charge in [0.15, 0.2) is 0 Å². The second-order valence-corrected chi connectivity index (χ2v) is 9.70. The Labute approximate surface area is 175 Å². The first-order valence-electron chi connectivity index (χ1n) is 10.5. The molecule has 7 nitrogen and oxygen atoms in total. The maximum absolute atomic E-state index is 11.4. The first-order valence-corrected chi connectivity index (χ1v) is 12.4. The number of aliphatic hydroxyl groups excluding tert-OH is 3. The molecule has 0 aromatic heterocycles. The Morgan fingerprint density at radius 1 is 1.17 bits per heavy atom. The molecular weight excluding hydrogens is 394 g/mol. The fourth-order valence-electron chi connectivity index (χ4n) is 3.67. The predicted octanol–water partition coefficient (Wildman–Crippen LogP) is 2.03. The Morgan fingerprint density at radius 2 is 1.90 bits per heavy atom. The minimum atomic E-state index is -3.51. The lowest BCUT2D eigenvalue weighted by atomic mass is 9.89. The van der Waals surface area contributed by atoms with Crippen LogP contribution in [0.1, 0.15) is 64.7 Å². The van der Waals surface area contributed by atoms with Gasteiger partial charge in [0, 0.05) is 18.8 Å². The van der Waals surface area contributed by atoms with E-state index in [1.807, 2.05) is 23.0 Å². The lowest BCUT2D eigenvalue weighted by molar-refractivity contribution is -0.119. The molecule has 0 radical (unpaired) electrons. The molecule has 1 aliphatic carbocycles. The topological polar surface area (TPSA) is 124 Å². The Morgan fingerprint density at radius 3 is 2.55 bits per heavy atom. The second kappa shape index (κ2) is 13.2. The zero-order chi connectivity index (χ0) is 21.9. The predicted molar refractivity (Wildman–Crippen MR) is 113 cm³/mol. The zero-order valence-electron chi connectivity index (χ0n) is 17.5. The fourth-order valence-corrected chi connectivity index (χ4v) is 4.19. The van der Waals surface area contributed by atoms with Crippen molar-refractivity contribution in [3.05, 3.63) is 24.3 Å². The number of unbranched alkanes of at least 4 members (excludes halogenated alkanes) is 3. The van der Waals surface area contributed by atoms with Gasteiger partial charge >= 0.3 is 0 Å². The molecule has 0 spiro atoms. The summed E-state index contributed by atoms with van der Waals surface area (Å²) in [5, 5.41) is 30.5. The van der Waals surface area contributed by atoms with E-state index in [2.05, 4.69) is 6.92 Å². The summed E-state index contributed by atoms with van der Waals surface area (Å²) in [5.41, 5.74) is 0. The minimum absolute atomic E-state index is 0.117. The molecular formula is C21H37NO6S. The van der Waals surface area contributed by atoms with Crippen LogP contribution in [0.4, 0.5) is 0 Å². The van der Waals surface area contributed by atoms with Crippen LogP contribution in [0, 0.1) is 11.8 Å². The number of amides is 1. The first kappa shape index (κ1) is 25.8.